The summed E-state index contributed by atoms with van der Waals surface area (Å²) in [6.45, 7) is 4.83. The highest BCUT2D eigenvalue weighted by molar-refractivity contribution is 6.03. The van der Waals surface area contributed by atoms with Crippen LogP contribution in [0.1, 0.15) is 31.7 Å². The molecule has 0 saturated heterocycles. The number of urea groups is 1. The Kier molecular flexibility index (Phi) is 3.65. The summed E-state index contributed by atoms with van der Waals surface area (Å²) in [5, 5.41) is 0. The molecule has 1 aliphatic heterocycles. The van der Waals surface area contributed by atoms with Crippen LogP contribution in [0.25, 0.3) is 0 Å². The molecule has 2 amide bonds. The average Bonchev–Trinajstić information content (AvgIpc) is 2.65. The first-order valence-electron chi connectivity index (χ1n) is 6.34. The highest BCUT2D eigenvalue weighted by atomic mass is 16.2. The first kappa shape index (κ1) is 12.6. The quantitative estimate of drug-likeness (QED) is 0.885. The number of amidine groups is 1. The lowest BCUT2D eigenvalue weighted by Gasteiger charge is -2.29. The number of nitrogens with zero attached hydrogens (tertiary/aromatic N) is 2. The Morgan fingerprint density at radius 2 is 2.06 bits per heavy atom. The van der Waals surface area contributed by atoms with Crippen LogP contribution in [-0.2, 0) is 0 Å². The molecule has 0 saturated carbocycles. The van der Waals surface area contributed by atoms with Crippen LogP contribution in [0.5, 0.6) is 0 Å². The van der Waals surface area contributed by atoms with E-state index >= 15 is 0 Å². The van der Waals surface area contributed by atoms with Crippen LogP contribution in [0, 0.1) is 0 Å². The Labute approximate surface area is 108 Å². The minimum Gasteiger partial charge on any atom is -0.385 e. The zero-order valence-electron chi connectivity index (χ0n) is 10.8. The van der Waals surface area contributed by atoms with Gasteiger partial charge in [-0.3, -0.25) is 0 Å². The standard InChI is InChI=1S/C14H19N3O/c1-3-9-17-12(13(15)16-14(17)18)10(2)11-7-5-4-6-8-11/h4-8,10,12H,3,9H2,1-2H3,(H2,15,16,18). The van der Waals surface area contributed by atoms with Crippen molar-refractivity contribution in [1.82, 2.24) is 4.90 Å². The summed E-state index contributed by atoms with van der Waals surface area (Å²) in [4.78, 5) is 17.4. The third kappa shape index (κ3) is 2.23. The van der Waals surface area contributed by atoms with Crippen molar-refractivity contribution in [3.8, 4) is 0 Å². The fourth-order valence-electron chi connectivity index (χ4n) is 2.46. The van der Waals surface area contributed by atoms with Crippen molar-refractivity contribution in [3.63, 3.8) is 0 Å². The van der Waals surface area contributed by atoms with E-state index < -0.39 is 0 Å². The molecule has 1 aliphatic rings. The fourth-order valence-corrected chi connectivity index (χ4v) is 2.46. The van der Waals surface area contributed by atoms with Crippen LogP contribution < -0.4 is 5.73 Å². The molecule has 18 heavy (non-hydrogen) atoms. The molecule has 0 radical (unpaired) electrons. The zero-order valence-corrected chi connectivity index (χ0v) is 10.8. The molecule has 0 bridgehead atoms. The van der Waals surface area contributed by atoms with Gasteiger partial charge < -0.3 is 10.6 Å². The number of aliphatic imine (C=N–C) groups is 1. The lowest BCUT2D eigenvalue weighted by atomic mass is 9.92. The third-order valence-corrected chi connectivity index (χ3v) is 3.37. The number of carbonyl (C=O) groups excluding carboxylic acids is 1. The Morgan fingerprint density at radius 3 is 2.67 bits per heavy atom. The van der Waals surface area contributed by atoms with E-state index in [1.54, 1.807) is 4.90 Å². The van der Waals surface area contributed by atoms with Crippen LogP contribution in [0.2, 0.25) is 0 Å². The Morgan fingerprint density at radius 1 is 1.39 bits per heavy atom. The predicted octanol–water partition coefficient (Wildman–Crippen LogP) is 2.36. The largest absolute Gasteiger partial charge is 0.385 e. The Bertz CT molecular complexity index is 455. The molecule has 0 spiro atoms. The topological polar surface area (TPSA) is 58.7 Å². The maximum absolute atomic E-state index is 11.8. The van der Waals surface area contributed by atoms with E-state index in [0.29, 0.717) is 12.4 Å². The second-order valence-corrected chi connectivity index (χ2v) is 4.66. The van der Waals surface area contributed by atoms with Gasteiger partial charge in [-0.05, 0) is 12.0 Å². The molecule has 0 aromatic heterocycles. The van der Waals surface area contributed by atoms with E-state index in [0.717, 1.165) is 6.42 Å². The second kappa shape index (κ2) is 5.21. The normalized spacial score (nSPS) is 21.0. The van der Waals surface area contributed by atoms with Gasteiger partial charge in [-0.1, -0.05) is 44.2 Å². The van der Waals surface area contributed by atoms with Gasteiger partial charge in [0, 0.05) is 12.5 Å². The summed E-state index contributed by atoms with van der Waals surface area (Å²) in [5.41, 5.74) is 7.09. The summed E-state index contributed by atoms with van der Waals surface area (Å²) in [5.74, 6) is 0.595. The molecule has 1 heterocycles. The maximum Gasteiger partial charge on any atom is 0.345 e. The number of rotatable bonds is 4. The molecule has 96 valence electrons. The summed E-state index contributed by atoms with van der Waals surface area (Å²) >= 11 is 0. The summed E-state index contributed by atoms with van der Waals surface area (Å²) in [6.07, 6.45) is 0.909. The van der Waals surface area contributed by atoms with Gasteiger partial charge in [0.05, 0.1) is 6.04 Å². The molecule has 4 nitrogen and oxygen atoms in total. The van der Waals surface area contributed by atoms with Gasteiger partial charge in [-0.15, -0.1) is 0 Å². The molecule has 2 atom stereocenters. The van der Waals surface area contributed by atoms with Crippen molar-refractivity contribution in [2.45, 2.75) is 32.2 Å². The number of nitrogens with two attached hydrogens (primary N) is 1. The molecule has 2 rings (SSSR count). The van der Waals surface area contributed by atoms with E-state index in [2.05, 4.69) is 24.0 Å². The highest BCUT2D eigenvalue weighted by Gasteiger charge is 2.36. The van der Waals surface area contributed by atoms with Gasteiger partial charge in [0.2, 0.25) is 0 Å². The first-order chi connectivity index (χ1) is 8.65. The van der Waals surface area contributed by atoms with Crippen molar-refractivity contribution in [1.29, 1.82) is 0 Å². The van der Waals surface area contributed by atoms with E-state index in [-0.39, 0.29) is 18.0 Å². The predicted molar refractivity (Wildman–Crippen MR) is 72.7 cm³/mol. The van der Waals surface area contributed by atoms with Gasteiger partial charge in [-0.2, -0.15) is 4.99 Å². The molecule has 1 aromatic rings. The smallest absolute Gasteiger partial charge is 0.345 e. The lowest BCUT2D eigenvalue weighted by Crippen LogP contribution is -2.44. The second-order valence-electron chi connectivity index (χ2n) is 4.66. The Hall–Kier alpha value is -1.84. The van der Waals surface area contributed by atoms with E-state index in [1.807, 2.05) is 25.1 Å². The third-order valence-electron chi connectivity index (χ3n) is 3.37. The zero-order chi connectivity index (χ0) is 13.1. The highest BCUT2D eigenvalue weighted by Crippen LogP contribution is 2.27. The van der Waals surface area contributed by atoms with Crippen molar-refractivity contribution in [2.75, 3.05) is 6.54 Å². The number of hydrogen-bond donors (Lipinski definition) is 1. The van der Waals surface area contributed by atoms with E-state index in [1.165, 1.54) is 5.56 Å². The van der Waals surface area contributed by atoms with Gasteiger partial charge in [-0.25, -0.2) is 4.79 Å². The monoisotopic (exact) mass is 245 g/mol. The van der Waals surface area contributed by atoms with Gasteiger partial charge in [0.25, 0.3) is 0 Å². The SMILES string of the molecule is CCCN1C(=O)N=C(N)C1C(C)c1ccccc1. The molecular weight excluding hydrogens is 226 g/mol. The molecule has 0 fully saturated rings. The summed E-state index contributed by atoms with van der Waals surface area (Å²) < 4.78 is 0. The fraction of sp³-hybridized carbons (Fsp3) is 0.429. The summed E-state index contributed by atoms with van der Waals surface area (Å²) in [7, 11) is 0. The van der Waals surface area contributed by atoms with Crippen LogP contribution in [0.3, 0.4) is 0 Å². The minimum absolute atomic E-state index is 0.111. The number of carbonyl (C=O) groups is 1. The van der Waals surface area contributed by atoms with Crippen LogP contribution in [-0.4, -0.2) is 29.4 Å². The lowest BCUT2D eigenvalue weighted by molar-refractivity contribution is 0.201. The van der Waals surface area contributed by atoms with E-state index in [9.17, 15) is 4.79 Å². The van der Waals surface area contributed by atoms with E-state index in [4.69, 9.17) is 5.73 Å². The molecule has 1 aromatic carbocycles. The summed E-state index contributed by atoms with van der Waals surface area (Å²) in [6, 6.07) is 9.79. The molecule has 2 N–H and O–H groups in total. The number of benzene rings is 1. The van der Waals surface area contributed by atoms with Gasteiger partial charge in [0.1, 0.15) is 5.84 Å². The maximum atomic E-state index is 11.8. The molecular formula is C14H19N3O. The van der Waals surface area contributed by atoms with Crippen molar-refractivity contribution < 1.29 is 4.79 Å². The number of amides is 2. The van der Waals surface area contributed by atoms with Gasteiger partial charge in [0.15, 0.2) is 0 Å². The molecule has 4 heteroatoms. The molecule has 0 aliphatic carbocycles. The van der Waals surface area contributed by atoms with Crippen molar-refractivity contribution in [2.24, 2.45) is 10.7 Å². The van der Waals surface area contributed by atoms with Crippen LogP contribution >= 0.6 is 0 Å². The molecule has 2 unspecified atom stereocenters. The minimum atomic E-state index is -0.206. The van der Waals surface area contributed by atoms with Crippen LogP contribution in [0.4, 0.5) is 4.79 Å². The van der Waals surface area contributed by atoms with Crippen LogP contribution in [0.15, 0.2) is 35.3 Å². The van der Waals surface area contributed by atoms with Gasteiger partial charge >= 0.3 is 6.03 Å². The average molecular weight is 245 g/mol. The Balaban J connectivity index is 2.25. The van der Waals surface area contributed by atoms with Crippen molar-refractivity contribution >= 4 is 11.9 Å². The van der Waals surface area contributed by atoms with Crippen molar-refractivity contribution in [3.05, 3.63) is 35.9 Å². The first-order valence-corrected chi connectivity index (χ1v) is 6.34. The number of hydrogen-bond acceptors (Lipinski definition) is 2.